The van der Waals surface area contributed by atoms with E-state index in [2.05, 4.69) is 10.3 Å². The number of anilines is 1. The van der Waals surface area contributed by atoms with Gasteiger partial charge in [-0.15, -0.1) is 11.3 Å². The number of rotatable bonds is 6. The number of aryl methyl sites for hydroxylation is 1. The van der Waals surface area contributed by atoms with Crippen molar-refractivity contribution in [1.29, 1.82) is 0 Å². The predicted molar refractivity (Wildman–Crippen MR) is 111 cm³/mol. The summed E-state index contributed by atoms with van der Waals surface area (Å²) in [7, 11) is 1.59. The third-order valence-corrected chi connectivity index (χ3v) is 5.37. The van der Waals surface area contributed by atoms with Gasteiger partial charge in [0.2, 0.25) is 0 Å². The molecule has 0 aliphatic heterocycles. The monoisotopic (exact) mass is 429 g/mol. The van der Waals surface area contributed by atoms with Crippen LogP contribution in [-0.2, 0) is 16.6 Å². The molecule has 2 heterocycles. The molecule has 1 aromatic carbocycles. The lowest BCUT2D eigenvalue weighted by Crippen LogP contribution is -2.21. The highest BCUT2D eigenvalue weighted by molar-refractivity contribution is 7.13. The Morgan fingerprint density at radius 3 is 2.60 bits per heavy atom. The Morgan fingerprint density at radius 2 is 2.00 bits per heavy atom. The summed E-state index contributed by atoms with van der Waals surface area (Å²) in [4.78, 5) is 42.2. The molecule has 9 heteroatoms. The molecule has 1 amide bonds. The fraction of sp³-hybridized carbons (Fsp3) is 0.238. The SMILES string of the molecule is CCOC(=O)C(=O)c1c(C)c(C(=O)Nc2ccc(F)c(C)c2)c(-c2nccs2)n1C. The second kappa shape index (κ2) is 8.58. The number of ether oxygens (including phenoxy) is 1. The lowest BCUT2D eigenvalue weighted by molar-refractivity contribution is -0.137. The van der Waals surface area contributed by atoms with E-state index < -0.39 is 17.7 Å². The Kier molecular flexibility index (Phi) is 6.12. The number of ketones is 1. The van der Waals surface area contributed by atoms with Gasteiger partial charge in [-0.25, -0.2) is 14.2 Å². The Morgan fingerprint density at radius 1 is 1.27 bits per heavy atom. The van der Waals surface area contributed by atoms with Crippen LogP contribution in [0, 0.1) is 19.7 Å². The first-order valence-electron chi connectivity index (χ1n) is 9.14. The number of esters is 1. The van der Waals surface area contributed by atoms with E-state index in [1.807, 2.05) is 0 Å². The van der Waals surface area contributed by atoms with Crippen LogP contribution in [0.4, 0.5) is 10.1 Å². The number of aromatic nitrogens is 2. The fourth-order valence-corrected chi connectivity index (χ4v) is 3.95. The molecule has 7 nitrogen and oxygen atoms in total. The lowest BCUT2D eigenvalue weighted by Gasteiger charge is -2.09. The molecule has 0 saturated carbocycles. The first-order valence-corrected chi connectivity index (χ1v) is 10.0. The first kappa shape index (κ1) is 21.4. The average molecular weight is 429 g/mol. The number of hydrogen-bond donors (Lipinski definition) is 1. The normalized spacial score (nSPS) is 10.7. The molecule has 0 radical (unpaired) electrons. The maximum Gasteiger partial charge on any atom is 0.381 e. The molecule has 0 fully saturated rings. The minimum absolute atomic E-state index is 0.0547. The van der Waals surface area contributed by atoms with Crippen molar-refractivity contribution < 1.29 is 23.5 Å². The van der Waals surface area contributed by atoms with Crippen molar-refractivity contribution in [2.45, 2.75) is 20.8 Å². The summed E-state index contributed by atoms with van der Waals surface area (Å²) in [5, 5.41) is 5.00. The maximum absolute atomic E-state index is 13.6. The van der Waals surface area contributed by atoms with Crippen LogP contribution in [-0.4, -0.2) is 33.8 Å². The van der Waals surface area contributed by atoms with Crippen LogP contribution in [0.1, 0.15) is 38.9 Å². The zero-order chi connectivity index (χ0) is 22.0. The van der Waals surface area contributed by atoms with E-state index in [4.69, 9.17) is 4.74 Å². The van der Waals surface area contributed by atoms with Gasteiger partial charge in [-0.05, 0) is 50.1 Å². The zero-order valence-corrected chi connectivity index (χ0v) is 17.7. The number of hydrogen-bond acceptors (Lipinski definition) is 6. The highest BCUT2D eigenvalue weighted by Crippen LogP contribution is 2.33. The molecule has 0 saturated heterocycles. The number of carbonyl (C=O) groups is 3. The summed E-state index contributed by atoms with van der Waals surface area (Å²) in [5.41, 5.74) is 1.80. The third kappa shape index (κ3) is 3.88. The number of benzene rings is 1. The summed E-state index contributed by atoms with van der Waals surface area (Å²) in [6.07, 6.45) is 1.58. The topological polar surface area (TPSA) is 90.3 Å². The number of thiazole rings is 1. The smallest absolute Gasteiger partial charge is 0.381 e. The van der Waals surface area contributed by atoms with E-state index in [9.17, 15) is 18.8 Å². The van der Waals surface area contributed by atoms with Gasteiger partial charge in [0.15, 0.2) is 0 Å². The molecular weight excluding hydrogens is 409 g/mol. The molecule has 0 aliphatic rings. The Hall–Kier alpha value is -3.33. The number of carbonyl (C=O) groups excluding carboxylic acids is 3. The molecule has 3 rings (SSSR count). The minimum Gasteiger partial charge on any atom is -0.460 e. The van der Waals surface area contributed by atoms with Gasteiger partial charge in [-0.3, -0.25) is 9.59 Å². The van der Waals surface area contributed by atoms with Crippen molar-refractivity contribution in [2.75, 3.05) is 11.9 Å². The molecule has 0 unspecified atom stereocenters. The number of amides is 1. The van der Waals surface area contributed by atoms with Gasteiger partial charge in [0.1, 0.15) is 16.5 Å². The van der Waals surface area contributed by atoms with E-state index in [-0.39, 0.29) is 23.7 Å². The van der Waals surface area contributed by atoms with Crippen LogP contribution in [0.3, 0.4) is 0 Å². The average Bonchev–Trinajstić information content (AvgIpc) is 3.30. The van der Waals surface area contributed by atoms with Gasteiger partial charge >= 0.3 is 5.97 Å². The molecule has 30 heavy (non-hydrogen) atoms. The van der Waals surface area contributed by atoms with E-state index in [0.29, 0.717) is 27.5 Å². The van der Waals surface area contributed by atoms with Gasteiger partial charge in [0, 0.05) is 24.3 Å². The number of Topliss-reactive ketones (excluding diaryl/α,β-unsaturated/α-hetero) is 1. The van der Waals surface area contributed by atoms with Gasteiger partial charge < -0.3 is 14.6 Å². The van der Waals surface area contributed by atoms with Crippen molar-refractivity contribution in [1.82, 2.24) is 9.55 Å². The van der Waals surface area contributed by atoms with Gasteiger partial charge in [0.25, 0.3) is 11.7 Å². The molecule has 0 bridgehead atoms. The van der Waals surface area contributed by atoms with Crippen molar-refractivity contribution in [3.05, 3.63) is 58.0 Å². The second-order valence-electron chi connectivity index (χ2n) is 6.56. The van der Waals surface area contributed by atoms with Gasteiger partial charge in [-0.1, -0.05) is 0 Å². The van der Waals surface area contributed by atoms with Crippen molar-refractivity contribution >= 4 is 34.7 Å². The van der Waals surface area contributed by atoms with Crippen LogP contribution in [0.5, 0.6) is 0 Å². The quantitative estimate of drug-likeness (QED) is 0.365. The van der Waals surface area contributed by atoms with E-state index >= 15 is 0 Å². The summed E-state index contributed by atoms with van der Waals surface area (Å²) >= 11 is 1.30. The van der Waals surface area contributed by atoms with Gasteiger partial charge in [-0.2, -0.15) is 0 Å². The fourth-order valence-electron chi connectivity index (χ4n) is 3.23. The molecule has 156 valence electrons. The predicted octanol–water partition coefficient (Wildman–Crippen LogP) is 3.90. The molecular formula is C21H20FN3O4S. The first-order chi connectivity index (χ1) is 14.3. The van der Waals surface area contributed by atoms with Crippen LogP contribution in [0.25, 0.3) is 10.7 Å². The van der Waals surface area contributed by atoms with Crippen LogP contribution < -0.4 is 5.32 Å². The van der Waals surface area contributed by atoms with Crippen LogP contribution in [0.2, 0.25) is 0 Å². The van der Waals surface area contributed by atoms with Crippen molar-refractivity contribution in [2.24, 2.45) is 7.05 Å². The molecule has 0 atom stereocenters. The molecule has 3 aromatic rings. The number of nitrogens with one attached hydrogen (secondary N) is 1. The molecule has 0 spiro atoms. The van der Waals surface area contributed by atoms with Gasteiger partial charge in [0.05, 0.1) is 17.9 Å². The third-order valence-electron chi connectivity index (χ3n) is 4.59. The number of halogens is 1. The van der Waals surface area contributed by atoms with E-state index in [1.165, 1.54) is 34.1 Å². The molecule has 2 aromatic heterocycles. The maximum atomic E-state index is 13.6. The Balaban J connectivity index is 2.11. The summed E-state index contributed by atoms with van der Waals surface area (Å²) < 4.78 is 19.9. The number of nitrogens with zero attached hydrogens (tertiary/aromatic N) is 2. The summed E-state index contributed by atoms with van der Waals surface area (Å²) in [5.74, 6) is -2.71. The highest BCUT2D eigenvalue weighted by Gasteiger charge is 2.32. The van der Waals surface area contributed by atoms with Crippen LogP contribution in [0.15, 0.2) is 29.8 Å². The zero-order valence-electron chi connectivity index (χ0n) is 16.9. The van der Waals surface area contributed by atoms with Crippen LogP contribution >= 0.6 is 11.3 Å². The highest BCUT2D eigenvalue weighted by atomic mass is 32.1. The summed E-state index contributed by atoms with van der Waals surface area (Å²) in [6.45, 7) is 4.85. The Labute approximate surface area is 176 Å². The minimum atomic E-state index is -0.993. The van der Waals surface area contributed by atoms with E-state index in [0.717, 1.165) is 0 Å². The van der Waals surface area contributed by atoms with E-state index in [1.54, 1.807) is 39.4 Å². The second-order valence-corrected chi connectivity index (χ2v) is 7.46. The molecule has 0 aliphatic carbocycles. The van der Waals surface area contributed by atoms with Crippen molar-refractivity contribution in [3.63, 3.8) is 0 Å². The lowest BCUT2D eigenvalue weighted by atomic mass is 10.1. The largest absolute Gasteiger partial charge is 0.460 e. The molecule has 1 N–H and O–H groups in total. The van der Waals surface area contributed by atoms with Crippen molar-refractivity contribution in [3.8, 4) is 10.7 Å². The standard InChI is InChI=1S/C21H20FN3O4S/c1-5-29-21(28)18(26)16-12(3)15(17(25(16)4)20-23-8-9-30-20)19(27)24-13-6-7-14(22)11(2)10-13/h6-10H,5H2,1-4H3,(H,24,27). The Bertz CT molecular complexity index is 1140. The summed E-state index contributed by atoms with van der Waals surface area (Å²) in [6, 6.07) is 4.23.